The molecular weight excluding hydrogens is 366 g/mol. The largest absolute Gasteiger partial charge is 0.378 e. The Morgan fingerprint density at radius 2 is 1.86 bits per heavy atom. The molecule has 1 aromatic carbocycles. The molecule has 2 aromatic heterocycles. The molecule has 1 amide bonds. The maximum absolute atomic E-state index is 13.0. The number of anilines is 2. The van der Waals surface area contributed by atoms with Gasteiger partial charge in [0.15, 0.2) is 0 Å². The van der Waals surface area contributed by atoms with Crippen molar-refractivity contribution in [1.82, 2.24) is 14.8 Å². The molecule has 1 saturated heterocycles. The molecule has 29 heavy (non-hydrogen) atoms. The van der Waals surface area contributed by atoms with E-state index in [1.165, 1.54) is 0 Å². The SMILES string of the molecule is O=C(Nc1ccc(N2CCOCC2)nc1)c1cc(C2CC2)nn1-c1ccccc1. The second-order valence-electron chi connectivity index (χ2n) is 7.43. The highest BCUT2D eigenvalue weighted by Gasteiger charge is 2.29. The van der Waals surface area contributed by atoms with Crippen molar-refractivity contribution in [2.45, 2.75) is 18.8 Å². The molecule has 1 aliphatic carbocycles. The Morgan fingerprint density at radius 1 is 1.07 bits per heavy atom. The fraction of sp³-hybridized carbons (Fsp3) is 0.318. The van der Waals surface area contributed by atoms with Crippen molar-refractivity contribution in [2.75, 3.05) is 36.5 Å². The standard InChI is InChI=1S/C22H23N5O2/c28-22(24-17-8-9-21(23-15-17)26-10-12-29-13-11-26)20-14-19(16-6-7-16)25-27(20)18-4-2-1-3-5-18/h1-5,8-9,14-16H,6-7,10-13H2,(H,24,28). The summed E-state index contributed by atoms with van der Waals surface area (Å²) in [4.78, 5) is 19.7. The van der Waals surface area contributed by atoms with Crippen LogP contribution in [0, 0.1) is 0 Å². The fourth-order valence-electron chi connectivity index (χ4n) is 3.54. The number of morpholine rings is 1. The Bertz CT molecular complexity index is 990. The highest BCUT2D eigenvalue weighted by atomic mass is 16.5. The maximum Gasteiger partial charge on any atom is 0.274 e. The first kappa shape index (κ1) is 17.9. The maximum atomic E-state index is 13.0. The average molecular weight is 389 g/mol. The molecule has 0 atom stereocenters. The molecule has 148 valence electrons. The van der Waals surface area contributed by atoms with E-state index in [0.29, 0.717) is 30.5 Å². The van der Waals surface area contributed by atoms with E-state index >= 15 is 0 Å². The van der Waals surface area contributed by atoms with Gasteiger partial charge < -0.3 is 15.0 Å². The molecule has 0 spiro atoms. The Kier molecular flexibility index (Phi) is 4.73. The molecule has 2 fully saturated rings. The molecule has 0 radical (unpaired) electrons. The van der Waals surface area contributed by atoms with Gasteiger partial charge in [0.2, 0.25) is 0 Å². The Hall–Kier alpha value is -3.19. The lowest BCUT2D eigenvalue weighted by atomic mass is 10.2. The second kappa shape index (κ2) is 7.67. The Balaban J connectivity index is 1.36. The minimum Gasteiger partial charge on any atom is -0.378 e. The lowest BCUT2D eigenvalue weighted by Gasteiger charge is -2.27. The second-order valence-corrected chi connectivity index (χ2v) is 7.43. The van der Waals surface area contributed by atoms with Crippen LogP contribution >= 0.6 is 0 Å². The van der Waals surface area contributed by atoms with E-state index < -0.39 is 0 Å². The molecule has 3 aromatic rings. The topological polar surface area (TPSA) is 72.3 Å². The van der Waals surface area contributed by atoms with Crippen LogP contribution in [0.15, 0.2) is 54.7 Å². The summed E-state index contributed by atoms with van der Waals surface area (Å²) in [5, 5.41) is 7.67. The number of hydrogen-bond acceptors (Lipinski definition) is 5. The number of nitrogens with zero attached hydrogens (tertiary/aromatic N) is 4. The number of ether oxygens (including phenoxy) is 1. The van der Waals surface area contributed by atoms with Crippen LogP contribution < -0.4 is 10.2 Å². The van der Waals surface area contributed by atoms with Gasteiger partial charge in [-0.05, 0) is 43.2 Å². The number of pyridine rings is 1. The predicted molar refractivity (Wildman–Crippen MR) is 111 cm³/mol. The van der Waals surface area contributed by atoms with Gasteiger partial charge in [0.1, 0.15) is 11.5 Å². The van der Waals surface area contributed by atoms with Crippen molar-refractivity contribution in [3.8, 4) is 5.69 Å². The van der Waals surface area contributed by atoms with E-state index in [1.807, 2.05) is 48.5 Å². The van der Waals surface area contributed by atoms with Crippen LogP contribution in [0.5, 0.6) is 0 Å². The zero-order valence-electron chi connectivity index (χ0n) is 16.1. The van der Waals surface area contributed by atoms with Crippen LogP contribution in [-0.4, -0.2) is 47.0 Å². The van der Waals surface area contributed by atoms with Crippen molar-refractivity contribution in [2.24, 2.45) is 0 Å². The molecule has 2 aliphatic rings. The number of benzene rings is 1. The minimum atomic E-state index is -0.186. The molecular formula is C22H23N5O2. The molecule has 7 nitrogen and oxygen atoms in total. The monoisotopic (exact) mass is 389 g/mol. The van der Waals surface area contributed by atoms with Gasteiger partial charge in [-0.3, -0.25) is 4.79 Å². The average Bonchev–Trinajstić information content (AvgIpc) is 3.53. The number of aromatic nitrogens is 3. The summed E-state index contributed by atoms with van der Waals surface area (Å²) < 4.78 is 7.12. The van der Waals surface area contributed by atoms with Crippen LogP contribution in [0.4, 0.5) is 11.5 Å². The van der Waals surface area contributed by atoms with E-state index in [2.05, 4.69) is 15.2 Å². The minimum absolute atomic E-state index is 0.186. The van der Waals surface area contributed by atoms with Crippen molar-refractivity contribution in [3.05, 3.63) is 66.1 Å². The molecule has 5 rings (SSSR count). The lowest BCUT2D eigenvalue weighted by Crippen LogP contribution is -2.36. The molecule has 3 heterocycles. The van der Waals surface area contributed by atoms with Crippen LogP contribution in [0.2, 0.25) is 0 Å². The third-order valence-corrected chi connectivity index (χ3v) is 5.30. The van der Waals surface area contributed by atoms with E-state index in [4.69, 9.17) is 9.84 Å². The predicted octanol–water partition coefficient (Wildman–Crippen LogP) is 3.23. The third-order valence-electron chi connectivity index (χ3n) is 5.30. The molecule has 0 bridgehead atoms. The van der Waals surface area contributed by atoms with Gasteiger partial charge in [-0.15, -0.1) is 0 Å². The van der Waals surface area contributed by atoms with E-state index in [9.17, 15) is 4.79 Å². The number of carbonyl (C=O) groups excluding carboxylic acids is 1. The van der Waals surface area contributed by atoms with Gasteiger partial charge in [0.05, 0.1) is 36.5 Å². The van der Waals surface area contributed by atoms with Crippen molar-refractivity contribution >= 4 is 17.4 Å². The molecule has 1 saturated carbocycles. The molecule has 7 heteroatoms. The fourth-order valence-corrected chi connectivity index (χ4v) is 3.54. The first-order valence-corrected chi connectivity index (χ1v) is 10.0. The third kappa shape index (κ3) is 3.86. The zero-order chi connectivity index (χ0) is 19.6. The number of rotatable bonds is 5. The van der Waals surface area contributed by atoms with Gasteiger partial charge >= 0.3 is 0 Å². The first-order valence-electron chi connectivity index (χ1n) is 10.0. The van der Waals surface area contributed by atoms with Crippen LogP contribution in [-0.2, 0) is 4.74 Å². The van der Waals surface area contributed by atoms with Gasteiger partial charge in [0, 0.05) is 19.0 Å². The summed E-state index contributed by atoms with van der Waals surface area (Å²) in [6.45, 7) is 3.09. The molecule has 1 N–H and O–H groups in total. The van der Waals surface area contributed by atoms with Crippen molar-refractivity contribution in [3.63, 3.8) is 0 Å². The van der Waals surface area contributed by atoms with Crippen LogP contribution in [0.25, 0.3) is 5.69 Å². The van der Waals surface area contributed by atoms with E-state index in [1.54, 1.807) is 10.9 Å². The summed E-state index contributed by atoms with van der Waals surface area (Å²) in [5.74, 6) is 1.19. The smallest absolute Gasteiger partial charge is 0.274 e. The quantitative estimate of drug-likeness (QED) is 0.725. The number of hydrogen-bond donors (Lipinski definition) is 1. The Labute approximate surface area is 169 Å². The number of carbonyl (C=O) groups is 1. The van der Waals surface area contributed by atoms with Crippen molar-refractivity contribution < 1.29 is 9.53 Å². The number of nitrogens with one attached hydrogen (secondary N) is 1. The first-order chi connectivity index (χ1) is 14.3. The summed E-state index contributed by atoms with van der Waals surface area (Å²) >= 11 is 0. The summed E-state index contributed by atoms with van der Waals surface area (Å²) in [6.07, 6.45) is 3.98. The summed E-state index contributed by atoms with van der Waals surface area (Å²) in [7, 11) is 0. The van der Waals surface area contributed by atoms with Gasteiger partial charge in [-0.1, -0.05) is 18.2 Å². The number of para-hydroxylation sites is 1. The van der Waals surface area contributed by atoms with Gasteiger partial charge in [-0.25, -0.2) is 9.67 Å². The lowest BCUT2D eigenvalue weighted by molar-refractivity contribution is 0.101. The highest BCUT2D eigenvalue weighted by molar-refractivity contribution is 6.03. The summed E-state index contributed by atoms with van der Waals surface area (Å²) in [5.41, 5.74) is 3.07. The Morgan fingerprint density at radius 3 is 2.55 bits per heavy atom. The summed E-state index contributed by atoms with van der Waals surface area (Å²) in [6, 6.07) is 15.5. The zero-order valence-corrected chi connectivity index (χ0v) is 16.1. The van der Waals surface area contributed by atoms with Crippen LogP contribution in [0.3, 0.4) is 0 Å². The van der Waals surface area contributed by atoms with Crippen LogP contribution in [0.1, 0.15) is 34.9 Å². The number of amides is 1. The van der Waals surface area contributed by atoms with E-state index in [0.717, 1.165) is 43.1 Å². The molecule has 1 aliphatic heterocycles. The highest BCUT2D eigenvalue weighted by Crippen LogP contribution is 2.39. The van der Waals surface area contributed by atoms with E-state index in [-0.39, 0.29) is 5.91 Å². The normalized spacial score (nSPS) is 16.6. The van der Waals surface area contributed by atoms with Gasteiger partial charge in [-0.2, -0.15) is 5.10 Å². The van der Waals surface area contributed by atoms with Gasteiger partial charge in [0.25, 0.3) is 5.91 Å². The van der Waals surface area contributed by atoms with Crippen molar-refractivity contribution in [1.29, 1.82) is 0 Å². The molecule has 0 unspecified atom stereocenters.